The fourth-order valence-corrected chi connectivity index (χ4v) is 3.25. The Kier molecular flexibility index (Phi) is 4.57. The quantitative estimate of drug-likeness (QED) is 0.889. The van der Waals surface area contributed by atoms with Gasteiger partial charge in [0.2, 0.25) is 0 Å². The van der Waals surface area contributed by atoms with Gasteiger partial charge in [0.15, 0.2) is 0 Å². The van der Waals surface area contributed by atoms with Crippen LogP contribution in [0.1, 0.15) is 54.1 Å². The summed E-state index contributed by atoms with van der Waals surface area (Å²) in [5.41, 5.74) is 2.07. The predicted molar refractivity (Wildman–Crippen MR) is 90.1 cm³/mol. The maximum Gasteiger partial charge on any atom is 0.255 e. The molecule has 0 saturated heterocycles. The smallest absolute Gasteiger partial charge is 0.255 e. The van der Waals surface area contributed by atoms with Gasteiger partial charge in [-0.2, -0.15) is 5.10 Å². The minimum Gasteiger partial charge on any atom is -0.506 e. The predicted octanol–water partition coefficient (Wildman–Crippen LogP) is 4.08. The molecule has 3 rings (SSSR count). The minimum atomic E-state index is -0.276. The molecule has 1 aromatic carbocycles. The second-order valence-electron chi connectivity index (χ2n) is 6.06. The van der Waals surface area contributed by atoms with Gasteiger partial charge in [-0.25, -0.2) is 0 Å². The molecule has 0 spiro atoms. The van der Waals surface area contributed by atoms with Gasteiger partial charge in [-0.05, 0) is 31.0 Å². The van der Waals surface area contributed by atoms with E-state index in [1.807, 2.05) is 13.2 Å². The average molecular weight is 334 g/mol. The number of aryl methyl sites for hydroxylation is 1. The monoisotopic (exact) mass is 333 g/mol. The number of halogens is 1. The normalized spacial score (nSPS) is 15.6. The van der Waals surface area contributed by atoms with Gasteiger partial charge in [0.25, 0.3) is 5.91 Å². The van der Waals surface area contributed by atoms with Crippen LogP contribution in [0.15, 0.2) is 24.4 Å². The van der Waals surface area contributed by atoms with Gasteiger partial charge in [0, 0.05) is 24.7 Å². The Bertz CT molecular complexity index is 721. The fourth-order valence-electron chi connectivity index (χ4n) is 3.13. The maximum absolute atomic E-state index is 12.4. The number of hydrogen-bond acceptors (Lipinski definition) is 3. The Hall–Kier alpha value is -2.01. The molecule has 0 bridgehead atoms. The summed E-state index contributed by atoms with van der Waals surface area (Å²) in [5.74, 6) is 0.0268. The van der Waals surface area contributed by atoms with Crippen LogP contribution in [0.4, 0.5) is 5.69 Å². The van der Waals surface area contributed by atoms with Crippen LogP contribution in [0.2, 0.25) is 5.02 Å². The minimum absolute atomic E-state index is 0.0991. The topological polar surface area (TPSA) is 67.2 Å². The number of carbonyl (C=O) groups excluding carboxylic acids is 1. The zero-order valence-electron chi connectivity index (χ0n) is 13.1. The highest BCUT2D eigenvalue weighted by Crippen LogP contribution is 2.35. The number of rotatable bonds is 3. The molecule has 1 aromatic heterocycles. The molecular formula is C17H20ClN3O2. The maximum atomic E-state index is 12.4. The zero-order valence-corrected chi connectivity index (χ0v) is 13.8. The molecule has 5 nitrogen and oxygen atoms in total. The molecule has 0 atom stereocenters. The van der Waals surface area contributed by atoms with Gasteiger partial charge in [0.05, 0.1) is 16.4 Å². The first kappa shape index (κ1) is 15.9. The third-order valence-electron chi connectivity index (χ3n) is 4.31. The lowest BCUT2D eigenvalue weighted by Gasteiger charge is -2.20. The van der Waals surface area contributed by atoms with E-state index in [4.69, 9.17) is 11.6 Å². The molecule has 0 aliphatic heterocycles. The van der Waals surface area contributed by atoms with Crippen LogP contribution >= 0.6 is 11.6 Å². The summed E-state index contributed by atoms with van der Waals surface area (Å²) >= 11 is 5.78. The first-order valence-corrected chi connectivity index (χ1v) is 8.26. The van der Waals surface area contributed by atoms with Crippen LogP contribution in [0, 0.1) is 0 Å². The van der Waals surface area contributed by atoms with Crippen LogP contribution in [0.5, 0.6) is 5.75 Å². The van der Waals surface area contributed by atoms with Gasteiger partial charge in [-0.3, -0.25) is 9.48 Å². The Morgan fingerprint density at radius 3 is 2.78 bits per heavy atom. The summed E-state index contributed by atoms with van der Waals surface area (Å²) in [6.07, 6.45) is 7.75. The number of hydrogen-bond donors (Lipinski definition) is 2. The van der Waals surface area contributed by atoms with Crippen LogP contribution in [-0.4, -0.2) is 20.8 Å². The van der Waals surface area contributed by atoms with Crippen molar-refractivity contribution in [1.29, 1.82) is 0 Å². The van der Waals surface area contributed by atoms with Crippen molar-refractivity contribution >= 4 is 23.2 Å². The number of nitrogens with one attached hydrogen (secondary N) is 1. The molecule has 2 aromatic rings. The molecule has 1 aliphatic carbocycles. The molecule has 2 N–H and O–H groups in total. The van der Waals surface area contributed by atoms with E-state index in [1.54, 1.807) is 10.7 Å². The SMILES string of the molecule is Cn1cc(NC(=O)c2ccc(Cl)c(O)c2)c(C2CCCCC2)n1. The first-order chi connectivity index (χ1) is 11.0. The highest BCUT2D eigenvalue weighted by molar-refractivity contribution is 6.32. The summed E-state index contributed by atoms with van der Waals surface area (Å²) in [5, 5.41) is 17.3. The van der Waals surface area contributed by atoms with E-state index in [9.17, 15) is 9.90 Å². The molecule has 1 heterocycles. The molecule has 1 saturated carbocycles. The van der Waals surface area contributed by atoms with E-state index in [0.717, 1.165) is 24.2 Å². The molecule has 1 amide bonds. The molecule has 122 valence electrons. The molecule has 23 heavy (non-hydrogen) atoms. The van der Waals surface area contributed by atoms with E-state index in [-0.39, 0.29) is 16.7 Å². The molecule has 6 heteroatoms. The number of aromatic nitrogens is 2. The zero-order chi connectivity index (χ0) is 16.4. The second kappa shape index (κ2) is 6.62. The van der Waals surface area contributed by atoms with E-state index >= 15 is 0 Å². The van der Waals surface area contributed by atoms with E-state index < -0.39 is 0 Å². The van der Waals surface area contributed by atoms with Crippen molar-refractivity contribution in [2.45, 2.75) is 38.0 Å². The fraction of sp³-hybridized carbons (Fsp3) is 0.412. The number of amides is 1. The number of aromatic hydroxyl groups is 1. The molecule has 1 fully saturated rings. The van der Waals surface area contributed by atoms with Crippen molar-refractivity contribution in [1.82, 2.24) is 9.78 Å². The summed E-state index contributed by atoms with van der Waals surface area (Å²) in [6.45, 7) is 0. The lowest BCUT2D eigenvalue weighted by Crippen LogP contribution is -2.14. The van der Waals surface area contributed by atoms with Gasteiger partial charge >= 0.3 is 0 Å². The number of anilines is 1. The number of nitrogens with zero attached hydrogens (tertiary/aromatic N) is 2. The average Bonchev–Trinajstić information content (AvgIpc) is 2.91. The summed E-state index contributed by atoms with van der Waals surface area (Å²) in [7, 11) is 1.86. The van der Waals surface area contributed by atoms with E-state index in [2.05, 4.69) is 10.4 Å². The van der Waals surface area contributed by atoms with Gasteiger partial charge < -0.3 is 10.4 Å². The van der Waals surface area contributed by atoms with Crippen molar-refractivity contribution in [3.8, 4) is 5.75 Å². The lowest BCUT2D eigenvalue weighted by molar-refractivity contribution is 0.102. The Balaban J connectivity index is 1.81. The number of phenolic OH excluding ortho intramolecular Hbond substituents is 1. The van der Waals surface area contributed by atoms with Crippen molar-refractivity contribution < 1.29 is 9.90 Å². The summed E-state index contributed by atoms with van der Waals surface area (Å²) < 4.78 is 1.74. The van der Waals surface area contributed by atoms with Crippen LogP contribution in [-0.2, 0) is 7.05 Å². The Morgan fingerprint density at radius 2 is 2.09 bits per heavy atom. The second-order valence-corrected chi connectivity index (χ2v) is 6.46. The van der Waals surface area contributed by atoms with Gasteiger partial charge in [0.1, 0.15) is 5.75 Å². The molecular weight excluding hydrogens is 314 g/mol. The summed E-state index contributed by atoms with van der Waals surface area (Å²) in [6, 6.07) is 4.47. The first-order valence-electron chi connectivity index (χ1n) is 7.88. The highest BCUT2D eigenvalue weighted by Gasteiger charge is 2.23. The summed E-state index contributed by atoms with van der Waals surface area (Å²) in [4.78, 5) is 12.4. The highest BCUT2D eigenvalue weighted by atomic mass is 35.5. The standard InChI is InChI=1S/C17H20ClN3O2/c1-21-10-14(16(20-21)11-5-3-2-4-6-11)19-17(23)12-7-8-13(18)15(22)9-12/h7-11,22H,2-6H2,1H3,(H,19,23). The Morgan fingerprint density at radius 1 is 1.35 bits per heavy atom. The Labute approximate surface area is 140 Å². The van der Waals surface area contributed by atoms with Crippen molar-refractivity contribution in [2.24, 2.45) is 7.05 Å². The van der Waals surface area contributed by atoms with Crippen LogP contribution in [0.25, 0.3) is 0 Å². The lowest BCUT2D eigenvalue weighted by atomic mass is 9.86. The molecule has 0 unspecified atom stereocenters. The third kappa shape index (κ3) is 3.50. The van der Waals surface area contributed by atoms with Crippen molar-refractivity contribution in [2.75, 3.05) is 5.32 Å². The third-order valence-corrected chi connectivity index (χ3v) is 4.63. The van der Waals surface area contributed by atoms with Gasteiger partial charge in [-0.1, -0.05) is 30.9 Å². The van der Waals surface area contributed by atoms with Crippen molar-refractivity contribution in [3.63, 3.8) is 0 Å². The van der Waals surface area contributed by atoms with Crippen molar-refractivity contribution in [3.05, 3.63) is 40.7 Å². The number of phenols is 1. The van der Waals surface area contributed by atoms with Crippen LogP contribution < -0.4 is 5.32 Å². The van der Waals surface area contributed by atoms with E-state index in [1.165, 1.54) is 31.4 Å². The largest absolute Gasteiger partial charge is 0.506 e. The number of benzene rings is 1. The molecule has 1 aliphatic rings. The number of carbonyl (C=O) groups is 1. The van der Waals surface area contributed by atoms with Gasteiger partial charge in [-0.15, -0.1) is 0 Å². The van der Waals surface area contributed by atoms with E-state index in [0.29, 0.717) is 11.5 Å². The molecule has 0 radical (unpaired) electrons. The van der Waals surface area contributed by atoms with Crippen LogP contribution in [0.3, 0.4) is 0 Å².